The zero-order valence-electron chi connectivity index (χ0n) is 7.99. The van der Waals surface area contributed by atoms with E-state index in [1.165, 1.54) is 11.1 Å². The number of rotatable bonds is 1. The summed E-state index contributed by atoms with van der Waals surface area (Å²) in [4.78, 5) is 4.56. The van der Waals surface area contributed by atoms with Crippen LogP contribution in [0.15, 0.2) is 47.0 Å². The summed E-state index contributed by atoms with van der Waals surface area (Å²) in [7, 11) is 0. The van der Waals surface area contributed by atoms with Gasteiger partial charge in [-0.2, -0.15) is 0 Å². The summed E-state index contributed by atoms with van der Waals surface area (Å²) in [5.41, 5.74) is 3.66. The van der Waals surface area contributed by atoms with Gasteiger partial charge in [0.1, 0.15) is 0 Å². The van der Waals surface area contributed by atoms with Crippen LogP contribution in [0.1, 0.15) is 19.4 Å². The molecule has 1 aliphatic heterocycles. The number of hydrogen-bond donors (Lipinski definition) is 0. The summed E-state index contributed by atoms with van der Waals surface area (Å²) in [6, 6.07) is 10.7. The molecule has 1 heterocycles. The highest BCUT2D eigenvalue weighted by molar-refractivity contribution is 6.13. The van der Waals surface area contributed by atoms with Crippen molar-refractivity contribution in [3.63, 3.8) is 0 Å². The molecule has 0 fully saturated rings. The van der Waals surface area contributed by atoms with E-state index in [0.717, 1.165) is 5.71 Å². The van der Waals surface area contributed by atoms with Crippen molar-refractivity contribution in [2.45, 2.75) is 19.9 Å². The van der Waals surface area contributed by atoms with Crippen molar-refractivity contribution in [3.05, 3.63) is 47.5 Å². The van der Waals surface area contributed by atoms with Gasteiger partial charge in [0.2, 0.25) is 0 Å². The second kappa shape index (κ2) is 3.17. The van der Waals surface area contributed by atoms with E-state index in [1.807, 2.05) is 18.2 Å². The molecule has 1 heteroatoms. The third-order valence-corrected chi connectivity index (χ3v) is 2.24. The predicted molar refractivity (Wildman–Crippen MR) is 56.2 cm³/mol. The fraction of sp³-hybridized carbons (Fsp3) is 0.250. The maximum absolute atomic E-state index is 4.56. The predicted octanol–water partition coefficient (Wildman–Crippen LogP) is 2.82. The average molecular weight is 171 g/mol. The zero-order valence-corrected chi connectivity index (χ0v) is 7.99. The maximum Gasteiger partial charge on any atom is 0.0680 e. The van der Waals surface area contributed by atoms with Crippen LogP contribution < -0.4 is 0 Å². The first-order valence-corrected chi connectivity index (χ1v) is 4.59. The van der Waals surface area contributed by atoms with Gasteiger partial charge in [0.25, 0.3) is 0 Å². The molecular weight excluding hydrogens is 158 g/mol. The molecule has 0 saturated carbocycles. The zero-order chi connectivity index (χ0) is 9.26. The van der Waals surface area contributed by atoms with Crippen LogP contribution in [0, 0.1) is 0 Å². The van der Waals surface area contributed by atoms with Crippen LogP contribution in [0.3, 0.4) is 0 Å². The first-order chi connectivity index (χ1) is 6.27. The molecular formula is C12H13N. The summed E-state index contributed by atoms with van der Waals surface area (Å²) in [6.45, 7) is 4.23. The molecule has 0 N–H and O–H groups in total. The molecule has 1 unspecified atom stereocenters. The fourth-order valence-corrected chi connectivity index (χ4v) is 1.68. The lowest BCUT2D eigenvalue weighted by atomic mass is 10.1. The monoisotopic (exact) mass is 171 g/mol. The summed E-state index contributed by atoms with van der Waals surface area (Å²) >= 11 is 0. The normalized spacial score (nSPS) is 21.2. The van der Waals surface area contributed by atoms with Crippen LogP contribution in [0.5, 0.6) is 0 Å². The smallest absolute Gasteiger partial charge is 0.0680 e. The van der Waals surface area contributed by atoms with Crippen LogP contribution in [0.4, 0.5) is 0 Å². The number of nitrogens with zero attached hydrogens (tertiary/aromatic N) is 1. The Balaban J connectivity index is 2.39. The lowest BCUT2D eigenvalue weighted by Gasteiger charge is -2.01. The van der Waals surface area contributed by atoms with E-state index < -0.39 is 0 Å². The summed E-state index contributed by atoms with van der Waals surface area (Å²) in [5, 5.41) is 0. The lowest BCUT2D eigenvalue weighted by Crippen LogP contribution is -1.98. The molecule has 0 spiro atoms. The first-order valence-electron chi connectivity index (χ1n) is 4.59. The Hall–Kier alpha value is -1.37. The largest absolute Gasteiger partial charge is 0.277 e. The summed E-state index contributed by atoms with van der Waals surface area (Å²) in [6.07, 6.45) is 2.20. The minimum Gasteiger partial charge on any atom is -0.277 e. The quantitative estimate of drug-likeness (QED) is 0.616. The molecule has 0 bridgehead atoms. The van der Waals surface area contributed by atoms with Crippen molar-refractivity contribution in [2.24, 2.45) is 4.99 Å². The Bertz CT molecular complexity index is 360. The minimum absolute atomic E-state index is 0.343. The number of allylic oxidation sites excluding steroid dienone is 1. The second-order valence-corrected chi connectivity index (χ2v) is 3.43. The van der Waals surface area contributed by atoms with Crippen molar-refractivity contribution in [1.29, 1.82) is 0 Å². The molecule has 0 amide bonds. The standard InChI is InChI=1S/C12H13N/c1-9-8-10(2)13-12(9)11-6-4-3-5-7-11/h3-8,10H,1-2H3. The molecule has 1 atom stereocenters. The van der Waals surface area contributed by atoms with E-state index in [-0.39, 0.29) is 0 Å². The van der Waals surface area contributed by atoms with Crippen LogP contribution in [-0.2, 0) is 0 Å². The molecule has 1 nitrogen and oxygen atoms in total. The van der Waals surface area contributed by atoms with Gasteiger partial charge < -0.3 is 0 Å². The van der Waals surface area contributed by atoms with Gasteiger partial charge in [-0.25, -0.2) is 0 Å². The van der Waals surface area contributed by atoms with E-state index in [4.69, 9.17) is 0 Å². The van der Waals surface area contributed by atoms with Crippen molar-refractivity contribution >= 4 is 5.71 Å². The van der Waals surface area contributed by atoms with Gasteiger partial charge >= 0.3 is 0 Å². The highest BCUT2D eigenvalue weighted by Gasteiger charge is 2.13. The Morgan fingerprint density at radius 1 is 1.15 bits per heavy atom. The molecule has 13 heavy (non-hydrogen) atoms. The van der Waals surface area contributed by atoms with Gasteiger partial charge in [-0.05, 0) is 25.0 Å². The molecule has 1 aromatic rings. The maximum atomic E-state index is 4.56. The third kappa shape index (κ3) is 1.55. The van der Waals surface area contributed by atoms with Gasteiger partial charge in [0, 0.05) is 0 Å². The Morgan fingerprint density at radius 2 is 1.85 bits per heavy atom. The van der Waals surface area contributed by atoms with Crippen LogP contribution in [0.25, 0.3) is 0 Å². The second-order valence-electron chi connectivity index (χ2n) is 3.43. The molecule has 0 saturated heterocycles. The molecule has 0 aromatic heterocycles. The van der Waals surface area contributed by atoms with Crippen LogP contribution >= 0.6 is 0 Å². The van der Waals surface area contributed by atoms with E-state index in [2.05, 4.69) is 37.0 Å². The van der Waals surface area contributed by atoms with Crippen molar-refractivity contribution < 1.29 is 0 Å². The third-order valence-electron chi connectivity index (χ3n) is 2.24. The molecule has 1 aliphatic rings. The molecule has 2 rings (SSSR count). The van der Waals surface area contributed by atoms with Crippen molar-refractivity contribution in [2.75, 3.05) is 0 Å². The van der Waals surface area contributed by atoms with E-state index in [0.29, 0.717) is 6.04 Å². The number of hydrogen-bond acceptors (Lipinski definition) is 1. The average Bonchev–Trinajstić information content (AvgIpc) is 2.47. The van der Waals surface area contributed by atoms with Gasteiger partial charge in [-0.15, -0.1) is 0 Å². The Labute approximate surface area is 78.8 Å². The van der Waals surface area contributed by atoms with Crippen molar-refractivity contribution in [3.8, 4) is 0 Å². The van der Waals surface area contributed by atoms with Crippen molar-refractivity contribution in [1.82, 2.24) is 0 Å². The van der Waals surface area contributed by atoms with Gasteiger partial charge in [-0.1, -0.05) is 36.4 Å². The molecule has 66 valence electrons. The van der Waals surface area contributed by atoms with Crippen LogP contribution in [0.2, 0.25) is 0 Å². The molecule has 0 aliphatic carbocycles. The van der Waals surface area contributed by atoms with Gasteiger partial charge in [0.15, 0.2) is 0 Å². The number of benzene rings is 1. The van der Waals surface area contributed by atoms with Crippen LogP contribution in [-0.4, -0.2) is 11.8 Å². The minimum atomic E-state index is 0.343. The molecule has 1 aromatic carbocycles. The highest BCUT2D eigenvalue weighted by atomic mass is 14.8. The van der Waals surface area contributed by atoms with Gasteiger partial charge in [0.05, 0.1) is 11.8 Å². The summed E-state index contributed by atoms with van der Waals surface area (Å²) in [5.74, 6) is 0. The first kappa shape index (κ1) is 8.24. The Morgan fingerprint density at radius 3 is 2.38 bits per heavy atom. The molecule has 0 radical (unpaired) electrons. The van der Waals surface area contributed by atoms with Gasteiger partial charge in [-0.3, -0.25) is 4.99 Å². The fourth-order valence-electron chi connectivity index (χ4n) is 1.68. The highest BCUT2D eigenvalue weighted by Crippen LogP contribution is 2.17. The van der Waals surface area contributed by atoms with E-state index in [9.17, 15) is 0 Å². The van der Waals surface area contributed by atoms with E-state index in [1.54, 1.807) is 0 Å². The lowest BCUT2D eigenvalue weighted by molar-refractivity contribution is 0.945. The SMILES string of the molecule is CC1=CC(C)N=C1c1ccccc1. The number of aliphatic imine (C=N–C) groups is 1. The summed E-state index contributed by atoms with van der Waals surface area (Å²) < 4.78 is 0. The van der Waals surface area contributed by atoms with E-state index >= 15 is 0 Å². The Kier molecular flexibility index (Phi) is 2.01. The topological polar surface area (TPSA) is 12.4 Å².